The van der Waals surface area contributed by atoms with E-state index in [-0.39, 0.29) is 11.7 Å². The monoisotopic (exact) mass is 262 g/mol. The van der Waals surface area contributed by atoms with E-state index in [0.717, 1.165) is 5.56 Å². The number of nitrogens with one attached hydrogen (secondary N) is 1. The summed E-state index contributed by atoms with van der Waals surface area (Å²) in [6.45, 7) is 1.75. The van der Waals surface area contributed by atoms with Crippen molar-refractivity contribution >= 4 is 23.0 Å². The molecule has 1 N–H and O–H groups in total. The SMILES string of the molecule is C/C(=N/NC(=O)c1cccs1)c1ccc(F)cc1. The third-order valence-corrected chi connectivity index (χ3v) is 3.20. The number of rotatable bonds is 3. The molecule has 0 aliphatic heterocycles. The number of amides is 1. The molecule has 3 nitrogen and oxygen atoms in total. The quantitative estimate of drug-likeness (QED) is 0.670. The van der Waals surface area contributed by atoms with Crippen molar-refractivity contribution in [1.29, 1.82) is 0 Å². The zero-order chi connectivity index (χ0) is 13.0. The van der Waals surface area contributed by atoms with E-state index in [1.165, 1.54) is 23.5 Å². The van der Waals surface area contributed by atoms with E-state index in [4.69, 9.17) is 0 Å². The van der Waals surface area contributed by atoms with Gasteiger partial charge in [0.05, 0.1) is 10.6 Å². The maximum atomic E-state index is 12.7. The number of hydrogen-bond donors (Lipinski definition) is 1. The molecule has 1 amide bonds. The van der Waals surface area contributed by atoms with E-state index in [1.54, 1.807) is 31.2 Å². The lowest BCUT2D eigenvalue weighted by molar-refractivity contribution is 0.0959. The zero-order valence-electron chi connectivity index (χ0n) is 9.68. The normalized spacial score (nSPS) is 11.3. The Labute approximate surface area is 108 Å². The van der Waals surface area contributed by atoms with Gasteiger partial charge in [0.1, 0.15) is 5.82 Å². The summed E-state index contributed by atoms with van der Waals surface area (Å²) in [5, 5.41) is 5.81. The summed E-state index contributed by atoms with van der Waals surface area (Å²) in [4.78, 5) is 12.2. The topological polar surface area (TPSA) is 41.5 Å². The van der Waals surface area contributed by atoms with Gasteiger partial charge in [-0.25, -0.2) is 9.82 Å². The number of nitrogens with zero attached hydrogens (tertiary/aromatic N) is 1. The van der Waals surface area contributed by atoms with Crippen LogP contribution in [0.2, 0.25) is 0 Å². The maximum absolute atomic E-state index is 12.7. The highest BCUT2D eigenvalue weighted by atomic mass is 32.1. The highest BCUT2D eigenvalue weighted by Gasteiger charge is 2.05. The number of hydrazone groups is 1. The van der Waals surface area contributed by atoms with Crippen molar-refractivity contribution < 1.29 is 9.18 Å². The van der Waals surface area contributed by atoms with Crippen molar-refractivity contribution in [3.63, 3.8) is 0 Å². The molecular weight excluding hydrogens is 251 g/mol. The fourth-order valence-corrected chi connectivity index (χ4v) is 1.97. The van der Waals surface area contributed by atoms with E-state index in [1.807, 2.05) is 5.38 Å². The molecule has 2 rings (SSSR count). The van der Waals surface area contributed by atoms with Gasteiger partial charge in [0.25, 0.3) is 5.91 Å². The average molecular weight is 262 g/mol. The summed E-state index contributed by atoms with van der Waals surface area (Å²) in [5.41, 5.74) is 3.86. The maximum Gasteiger partial charge on any atom is 0.281 e. The van der Waals surface area contributed by atoms with Crippen LogP contribution in [0.3, 0.4) is 0 Å². The third-order valence-electron chi connectivity index (χ3n) is 2.33. The lowest BCUT2D eigenvalue weighted by Gasteiger charge is -2.01. The second kappa shape index (κ2) is 5.55. The highest BCUT2D eigenvalue weighted by Crippen LogP contribution is 2.08. The number of carbonyl (C=O) groups excluding carboxylic acids is 1. The molecule has 0 atom stereocenters. The summed E-state index contributed by atoms with van der Waals surface area (Å²) in [6.07, 6.45) is 0. The number of benzene rings is 1. The molecule has 0 fully saturated rings. The first kappa shape index (κ1) is 12.4. The van der Waals surface area contributed by atoms with Gasteiger partial charge in [-0.05, 0) is 36.1 Å². The average Bonchev–Trinajstić information content (AvgIpc) is 2.90. The van der Waals surface area contributed by atoms with Gasteiger partial charge >= 0.3 is 0 Å². The van der Waals surface area contributed by atoms with Crippen molar-refractivity contribution in [2.45, 2.75) is 6.92 Å². The van der Waals surface area contributed by atoms with Crippen LogP contribution in [0.1, 0.15) is 22.2 Å². The summed E-state index contributed by atoms with van der Waals surface area (Å²) >= 11 is 1.35. The Morgan fingerprint density at radius 3 is 2.61 bits per heavy atom. The van der Waals surface area contributed by atoms with Gasteiger partial charge in [-0.15, -0.1) is 11.3 Å². The van der Waals surface area contributed by atoms with Crippen molar-refractivity contribution in [1.82, 2.24) is 5.43 Å². The van der Waals surface area contributed by atoms with E-state index in [0.29, 0.717) is 10.6 Å². The second-order valence-corrected chi connectivity index (χ2v) is 4.57. The molecule has 1 aromatic heterocycles. The number of thiophene rings is 1. The zero-order valence-corrected chi connectivity index (χ0v) is 10.5. The molecule has 0 saturated carbocycles. The molecule has 0 aliphatic carbocycles. The molecule has 0 radical (unpaired) electrons. The molecule has 1 aromatic carbocycles. The first-order chi connectivity index (χ1) is 8.66. The predicted molar refractivity (Wildman–Crippen MR) is 70.4 cm³/mol. The molecule has 18 heavy (non-hydrogen) atoms. The first-order valence-corrected chi connectivity index (χ1v) is 6.19. The smallest absolute Gasteiger partial charge is 0.266 e. The number of carbonyl (C=O) groups is 1. The van der Waals surface area contributed by atoms with Gasteiger partial charge in [0, 0.05) is 0 Å². The largest absolute Gasteiger partial charge is 0.281 e. The molecule has 5 heteroatoms. The minimum absolute atomic E-state index is 0.244. The summed E-state index contributed by atoms with van der Waals surface area (Å²) < 4.78 is 12.7. The molecule has 2 aromatic rings. The summed E-state index contributed by atoms with van der Waals surface area (Å²) in [5.74, 6) is -0.541. The Bertz CT molecular complexity index is 561. The van der Waals surface area contributed by atoms with E-state index in [2.05, 4.69) is 10.5 Å². The van der Waals surface area contributed by atoms with Crippen molar-refractivity contribution in [2.24, 2.45) is 5.10 Å². The minimum atomic E-state index is -0.297. The molecule has 0 spiro atoms. The Hall–Kier alpha value is -2.01. The predicted octanol–water partition coefficient (Wildman–Crippen LogP) is 3.04. The van der Waals surface area contributed by atoms with Gasteiger partial charge in [-0.1, -0.05) is 18.2 Å². The second-order valence-electron chi connectivity index (χ2n) is 3.62. The molecular formula is C13H11FN2OS. The van der Waals surface area contributed by atoms with Crippen LogP contribution in [0.25, 0.3) is 0 Å². The Kier molecular flexibility index (Phi) is 3.84. The van der Waals surface area contributed by atoms with Crippen LogP contribution in [0.4, 0.5) is 4.39 Å². The number of hydrogen-bond acceptors (Lipinski definition) is 3. The van der Waals surface area contributed by atoms with Crippen LogP contribution in [0, 0.1) is 5.82 Å². The third kappa shape index (κ3) is 3.01. The lowest BCUT2D eigenvalue weighted by atomic mass is 10.1. The fraction of sp³-hybridized carbons (Fsp3) is 0.0769. The molecule has 0 aliphatic rings. The van der Waals surface area contributed by atoms with Gasteiger partial charge in [-0.3, -0.25) is 4.79 Å². The van der Waals surface area contributed by atoms with Gasteiger partial charge < -0.3 is 0 Å². The van der Waals surface area contributed by atoms with Crippen LogP contribution < -0.4 is 5.43 Å². The Balaban J connectivity index is 2.05. The molecule has 0 unspecified atom stereocenters. The van der Waals surface area contributed by atoms with Crippen LogP contribution in [-0.4, -0.2) is 11.6 Å². The summed E-state index contributed by atoms with van der Waals surface area (Å²) in [6, 6.07) is 9.47. The Morgan fingerprint density at radius 2 is 2.00 bits per heavy atom. The molecule has 0 bridgehead atoms. The van der Waals surface area contributed by atoms with Crippen LogP contribution in [0.5, 0.6) is 0 Å². The Morgan fingerprint density at radius 1 is 1.28 bits per heavy atom. The summed E-state index contributed by atoms with van der Waals surface area (Å²) in [7, 11) is 0. The standard InChI is InChI=1S/C13H11FN2OS/c1-9(10-4-6-11(14)7-5-10)15-16-13(17)12-3-2-8-18-12/h2-8H,1H3,(H,16,17)/b15-9-. The van der Waals surface area contributed by atoms with Gasteiger partial charge in [0.15, 0.2) is 0 Å². The first-order valence-electron chi connectivity index (χ1n) is 5.31. The minimum Gasteiger partial charge on any atom is -0.266 e. The number of halogens is 1. The van der Waals surface area contributed by atoms with Gasteiger partial charge in [0.2, 0.25) is 0 Å². The van der Waals surface area contributed by atoms with Crippen molar-refractivity contribution in [2.75, 3.05) is 0 Å². The van der Waals surface area contributed by atoms with E-state index >= 15 is 0 Å². The van der Waals surface area contributed by atoms with Crippen molar-refractivity contribution in [3.8, 4) is 0 Å². The van der Waals surface area contributed by atoms with Gasteiger partial charge in [-0.2, -0.15) is 5.10 Å². The molecule has 92 valence electrons. The molecule has 1 heterocycles. The molecule has 0 saturated heterocycles. The van der Waals surface area contributed by atoms with Crippen molar-refractivity contribution in [3.05, 3.63) is 58.0 Å². The van der Waals surface area contributed by atoms with Crippen LogP contribution in [-0.2, 0) is 0 Å². The lowest BCUT2D eigenvalue weighted by Crippen LogP contribution is -2.18. The highest BCUT2D eigenvalue weighted by molar-refractivity contribution is 7.12. The van der Waals surface area contributed by atoms with Crippen LogP contribution >= 0.6 is 11.3 Å². The van der Waals surface area contributed by atoms with Crippen LogP contribution in [0.15, 0.2) is 46.9 Å². The van der Waals surface area contributed by atoms with E-state index in [9.17, 15) is 9.18 Å². The van der Waals surface area contributed by atoms with E-state index < -0.39 is 0 Å². The fourth-order valence-electron chi connectivity index (χ4n) is 1.35.